The molecule has 3 heterocycles. The van der Waals surface area contributed by atoms with Crippen molar-refractivity contribution in [1.82, 2.24) is 5.32 Å². The van der Waals surface area contributed by atoms with Gasteiger partial charge in [0.15, 0.2) is 17.6 Å². The number of aliphatic hydroxyl groups is 1. The van der Waals surface area contributed by atoms with Gasteiger partial charge in [-0.2, -0.15) is 0 Å². The Hall–Kier alpha value is -3.44. The first-order valence-corrected chi connectivity index (χ1v) is 15.1. The third kappa shape index (κ3) is 7.12. The van der Waals surface area contributed by atoms with Gasteiger partial charge in [-0.1, -0.05) is 44.9 Å². The smallest absolute Gasteiger partial charge is 0.411 e. The third-order valence-corrected chi connectivity index (χ3v) is 8.11. The number of epoxide rings is 1. The molecule has 3 atom stereocenters. The van der Waals surface area contributed by atoms with Crippen molar-refractivity contribution < 1.29 is 33.4 Å². The van der Waals surface area contributed by atoms with Crippen LogP contribution in [-0.2, 0) is 19.1 Å². The number of morpholine rings is 1. The minimum Gasteiger partial charge on any atom is -0.449 e. The number of benzene rings is 1. The lowest BCUT2D eigenvalue weighted by Gasteiger charge is -2.21. The monoisotopic (exact) mass is 585 g/mol. The van der Waals surface area contributed by atoms with E-state index in [4.69, 9.17) is 13.9 Å². The standard InChI is InChI=1S/C31H43N3O8/c1-4-34(5-2)22-17-16-21-19-23(26(36)41-24(21)20-22)32-29(38)40-18-14-12-10-8-6-7-9-11-13-15-25(35)31-27(42-31)30(3,39)33-28(31)37/h16-17,19-20,27,39H,4-15,18H2,1-3H3,(H,32,38)(H,33,37)/t27-,30?,31-/m0/s1. The Balaban J connectivity index is 1.03. The predicted molar refractivity (Wildman–Crippen MR) is 159 cm³/mol. The molecule has 42 heavy (non-hydrogen) atoms. The van der Waals surface area contributed by atoms with Gasteiger partial charge in [0.05, 0.1) is 6.61 Å². The summed E-state index contributed by atoms with van der Waals surface area (Å²) in [4.78, 5) is 51.2. The summed E-state index contributed by atoms with van der Waals surface area (Å²) in [6.07, 6.45) is 7.37. The number of rotatable bonds is 17. The summed E-state index contributed by atoms with van der Waals surface area (Å²) < 4.78 is 16.0. The number of unbranched alkanes of at least 4 members (excludes halogenated alkanes) is 8. The van der Waals surface area contributed by atoms with Crippen LogP contribution in [-0.4, -0.2) is 60.0 Å². The van der Waals surface area contributed by atoms with E-state index in [0.717, 1.165) is 70.1 Å². The highest BCUT2D eigenvalue weighted by Gasteiger charge is 2.78. The summed E-state index contributed by atoms with van der Waals surface area (Å²) in [5, 5.41) is 15.7. The second-order valence-electron chi connectivity index (χ2n) is 11.3. The van der Waals surface area contributed by atoms with Crippen molar-refractivity contribution in [3.8, 4) is 0 Å². The Kier molecular flexibility index (Phi) is 10.3. The second-order valence-corrected chi connectivity index (χ2v) is 11.3. The maximum Gasteiger partial charge on any atom is 0.411 e. The van der Waals surface area contributed by atoms with Crippen molar-refractivity contribution in [2.45, 2.75) is 102 Å². The van der Waals surface area contributed by atoms with Gasteiger partial charge >= 0.3 is 11.7 Å². The van der Waals surface area contributed by atoms with Crippen molar-refractivity contribution in [3.05, 3.63) is 34.7 Å². The number of anilines is 2. The molecule has 0 spiro atoms. The topological polar surface area (TPSA) is 151 Å². The minimum absolute atomic E-state index is 0.0504. The molecule has 1 aromatic carbocycles. The summed E-state index contributed by atoms with van der Waals surface area (Å²) in [6.45, 7) is 7.53. The van der Waals surface area contributed by atoms with Gasteiger partial charge in [0.2, 0.25) is 5.60 Å². The molecule has 0 bridgehead atoms. The van der Waals surface area contributed by atoms with Crippen LogP contribution in [0.4, 0.5) is 16.2 Å². The van der Waals surface area contributed by atoms with Crippen LogP contribution in [0, 0.1) is 0 Å². The average molecular weight is 586 g/mol. The lowest BCUT2D eigenvalue weighted by molar-refractivity contribution is -0.138. The summed E-state index contributed by atoms with van der Waals surface area (Å²) >= 11 is 0. The molecule has 2 aliphatic heterocycles. The van der Waals surface area contributed by atoms with E-state index in [2.05, 4.69) is 29.4 Å². The Bertz CT molecular complexity index is 1340. The fourth-order valence-corrected chi connectivity index (χ4v) is 5.66. The van der Waals surface area contributed by atoms with Crippen LogP contribution in [0.5, 0.6) is 0 Å². The number of Topliss-reactive ketones (excluding diaryl/α,β-unsaturated/α-hetero) is 1. The quantitative estimate of drug-likeness (QED) is 0.104. The van der Waals surface area contributed by atoms with Gasteiger partial charge in [0.1, 0.15) is 11.3 Å². The van der Waals surface area contributed by atoms with E-state index in [9.17, 15) is 24.3 Å². The van der Waals surface area contributed by atoms with Gasteiger partial charge in [0, 0.05) is 36.7 Å². The Labute approximate surface area is 245 Å². The molecule has 2 aromatic rings. The molecule has 0 saturated carbocycles. The molecule has 2 aliphatic rings. The number of ketones is 1. The zero-order valence-electron chi connectivity index (χ0n) is 24.8. The summed E-state index contributed by atoms with van der Waals surface area (Å²) in [6, 6.07) is 7.26. The zero-order chi connectivity index (χ0) is 30.3. The summed E-state index contributed by atoms with van der Waals surface area (Å²) in [5.41, 5.74) is -2.07. The van der Waals surface area contributed by atoms with Crippen LogP contribution in [0.15, 0.2) is 33.5 Å². The van der Waals surface area contributed by atoms with Crippen molar-refractivity contribution in [1.29, 1.82) is 0 Å². The van der Waals surface area contributed by atoms with Crippen LogP contribution in [0.2, 0.25) is 0 Å². The molecule has 1 unspecified atom stereocenters. The Morgan fingerprint density at radius 1 is 1.00 bits per heavy atom. The summed E-state index contributed by atoms with van der Waals surface area (Å²) in [7, 11) is 0. The van der Waals surface area contributed by atoms with Crippen molar-refractivity contribution >= 4 is 40.1 Å². The first kappa shape index (κ1) is 31.5. The number of hydrogen-bond donors (Lipinski definition) is 3. The molecule has 0 aliphatic carbocycles. The van der Waals surface area contributed by atoms with Gasteiger partial charge in [0.25, 0.3) is 5.91 Å². The largest absolute Gasteiger partial charge is 0.449 e. The van der Waals surface area contributed by atoms with E-state index in [1.165, 1.54) is 6.92 Å². The highest BCUT2D eigenvalue weighted by Crippen LogP contribution is 2.49. The fourth-order valence-electron chi connectivity index (χ4n) is 5.66. The van der Waals surface area contributed by atoms with Gasteiger partial charge in [-0.05, 0) is 51.8 Å². The van der Waals surface area contributed by atoms with E-state index >= 15 is 0 Å². The van der Waals surface area contributed by atoms with Gasteiger partial charge in [-0.3, -0.25) is 14.9 Å². The first-order chi connectivity index (χ1) is 20.1. The van der Waals surface area contributed by atoms with Crippen molar-refractivity contribution in [2.24, 2.45) is 0 Å². The van der Waals surface area contributed by atoms with Crippen LogP contribution in [0.3, 0.4) is 0 Å². The normalized spacial score (nSPS) is 22.5. The van der Waals surface area contributed by atoms with Gasteiger partial charge < -0.3 is 29.2 Å². The molecule has 3 N–H and O–H groups in total. The van der Waals surface area contributed by atoms with Crippen LogP contribution in [0.25, 0.3) is 11.0 Å². The maximum atomic E-state index is 12.5. The molecule has 2 saturated heterocycles. The number of nitrogens with one attached hydrogen (secondary N) is 2. The van der Waals surface area contributed by atoms with Gasteiger partial charge in [-0.25, -0.2) is 9.59 Å². The number of hydrogen-bond acceptors (Lipinski definition) is 9. The SMILES string of the molecule is CCN(CC)c1ccc2cc(NC(=O)OCCCCCCCCCCCC(=O)[C@]34O[C@H]3C(C)(O)NC4=O)c(=O)oc2c1. The van der Waals surface area contributed by atoms with Crippen molar-refractivity contribution in [2.75, 3.05) is 29.9 Å². The number of nitrogens with zero attached hydrogens (tertiary/aromatic N) is 1. The second kappa shape index (κ2) is 13.7. The van der Waals surface area contributed by atoms with E-state index in [1.54, 1.807) is 6.07 Å². The lowest BCUT2D eigenvalue weighted by atomic mass is 9.94. The number of fused-ring (bicyclic) bond motifs is 2. The Morgan fingerprint density at radius 3 is 2.24 bits per heavy atom. The van der Waals surface area contributed by atoms with Crippen LogP contribution in [0.1, 0.15) is 85.0 Å². The molecule has 2 fully saturated rings. The molecule has 11 nitrogen and oxygen atoms in total. The number of carbonyl (C=O) groups is 3. The molecule has 2 amide bonds. The fraction of sp³-hybridized carbons (Fsp3) is 0.613. The van der Waals surface area contributed by atoms with Crippen LogP contribution < -0.4 is 21.2 Å². The van der Waals surface area contributed by atoms with Gasteiger partial charge in [-0.15, -0.1) is 0 Å². The van der Waals surface area contributed by atoms with E-state index < -0.39 is 35.1 Å². The average Bonchev–Trinajstić information content (AvgIpc) is 3.69. The third-order valence-electron chi connectivity index (χ3n) is 8.11. The highest BCUT2D eigenvalue weighted by molar-refractivity contribution is 6.15. The molecular weight excluding hydrogens is 542 g/mol. The minimum atomic E-state index is -1.47. The molecule has 230 valence electrons. The van der Waals surface area contributed by atoms with Crippen molar-refractivity contribution in [3.63, 3.8) is 0 Å². The van der Waals surface area contributed by atoms with E-state index in [1.807, 2.05) is 18.2 Å². The summed E-state index contributed by atoms with van der Waals surface area (Å²) in [5.74, 6) is -0.778. The highest BCUT2D eigenvalue weighted by atomic mass is 16.6. The molecular formula is C31H43N3O8. The number of ether oxygens (including phenoxy) is 2. The zero-order valence-corrected chi connectivity index (χ0v) is 24.8. The van der Waals surface area contributed by atoms with Crippen LogP contribution >= 0.6 is 0 Å². The Morgan fingerprint density at radius 2 is 1.64 bits per heavy atom. The molecule has 4 rings (SSSR count). The van der Waals surface area contributed by atoms with E-state index in [0.29, 0.717) is 17.4 Å². The molecule has 11 heteroatoms. The molecule has 0 radical (unpaired) electrons. The molecule has 1 aromatic heterocycles. The number of carbonyl (C=O) groups excluding carboxylic acids is 3. The maximum absolute atomic E-state index is 12.5. The first-order valence-electron chi connectivity index (χ1n) is 15.1. The lowest BCUT2D eigenvalue weighted by Crippen LogP contribution is -2.45. The van der Waals surface area contributed by atoms with E-state index in [-0.39, 0.29) is 24.5 Å². The predicted octanol–water partition coefficient (Wildman–Crippen LogP) is 4.63. The number of amides is 2.